The second kappa shape index (κ2) is 9.84. The Kier molecular flexibility index (Phi) is 8.30. The van der Waals surface area contributed by atoms with Gasteiger partial charge < -0.3 is 14.6 Å². The highest BCUT2D eigenvalue weighted by Crippen LogP contribution is 2.10. The van der Waals surface area contributed by atoms with Crippen LogP contribution in [0.1, 0.15) is 51.6 Å². The molecule has 1 rings (SSSR count). The lowest BCUT2D eigenvalue weighted by Crippen LogP contribution is -2.11. The topological polar surface area (TPSA) is 39.1 Å². The maximum Gasteiger partial charge on any atom is 0.203 e. The van der Waals surface area contributed by atoms with Crippen molar-refractivity contribution >= 4 is 5.95 Å². The first-order valence-corrected chi connectivity index (χ1v) is 7.63. The van der Waals surface area contributed by atoms with Crippen molar-refractivity contribution in [2.24, 2.45) is 0 Å². The van der Waals surface area contributed by atoms with E-state index in [2.05, 4.69) is 34.9 Å². The van der Waals surface area contributed by atoms with E-state index in [1.54, 1.807) is 0 Å². The molecule has 1 aromatic rings. The van der Waals surface area contributed by atoms with Crippen LogP contribution in [0.25, 0.3) is 0 Å². The van der Waals surface area contributed by atoms with Crippen LogP contribution in [0.15, 0.2) is 6.20 Å². The fraction of sp³-hybridized carbons (Fsp3) is 0.800. The van der Waals surface area contributed by atoms with Crippen LogP contribution < -0.4 is 5.32 Å². The lowest BCUT2D eigenvalue weighted by Gasteiger charge is -2.09. The monoisotopic (exact) mass is 267 g/mol. The molecule has 1 heterocycles. The molecule has 0 atom stereocenters. The van der Waals surface area contributed by atoms with Gasteiger partial charge in [0.2, 0.25) is 5.95 Å². The highest BCUT2D eigenvalue weighted by atomic mass is 16.5. The number of rotatable bonds is 11. The highest BCUT2D eigenvalue weighted by molar-refractivity contribution is 5.28. The third-order valence-corrected chi connectivity index (χ3v) is 3.04. The van der Waals surface area contributed by atoms with Gasteiger partial charge in [-0.05, 0) is 26.2 Å². The average molecular weight is 267 g/mol. The molecule has 0 aromatic carbocycles. The second-order valence-corrected chi connectivity index (χ2v) is 5.00. The van der Waals surface area contributed by atoms with Crippen LogP contribution in [-0.4, -0.2) is 29.3 Å². The lowest BCUT2D eigenvalue weighted by molar-refractivity contribution is 0.131. The number of ether oxygens (including phenoxy) is 1. The second-order valence-electron chi connectivity index (χ2n) is 5.00. The number of aromatic nitrogens is 2. The summed E-state index contributed by atoms with van der Waals surface area (Å²) in [6.45, 7) is 10.1. The molecule has 19 heavy (non-hydrogen) atoms. The van der Waals surface area contributed by atoms with Gasteiger partial charge in [0.1, 0.15) is 0 Å². The largest absolute Gasteiger partial charge is 0.381 e. The van der Waals surface area contributed by atoms with Crippen molar-refractivity contribution in [2.45, 2.75) is 59.4 Å². The van der Waals surface area contributed by atoms with E-state index < -0.39 is 0 Å². The number of anilines is 1. The first kappa shape index (κ1) is 16.0. The fourth-order valence-corrected chi connectivity index (χ4v) is 1.91. The fourth-order valence-electron chi connectivity index (χ4n) is 1.91. The Morgan fingerprint density at radius 3 is 2.63 bits per heavy atom. The van der Waals surface area contributed by atoms with Gasteiger partial charge in [0.15, 0.2) is 0 Å². The average Bonchev–Trinajstić information content (AvgIpc) is 2.75. The summed E-state index contributed by atoms with van der Waals surface area (Å²) in [4.78, 5) is 4.52. The molecule has 110 valence electrons. The van der Waals surface area contributed by atoms with Crippen molar-refractivity contribution in [2.75, 3.05) is 25.1 Å². The van der Waals surface area contributed by atoms with Crippen molar-refractivity contribution < 1.29 is 4.74 Å². The molecule has 4 heteroatoms. The molecule has 0 saturated heterocycles. The zero-order valence-electron chi connectivity index (χ0n) is 12.7. The molecule has 0 radical (unpaired) electrons. The minimum Gasteiger partial charge on any atom is -0.381 e. The number of hydrogen-bond acceptors (Lipinski definition) is 3. The van der Waals surface area contributed by atoms with Crippen LogP contribution in [0.3, 0.4) is 0 Å². The van der Waals surface area contributed by atoms with Gasteiger partial charge in [-0.3, -0.25) is 0 Å². The van der Waals surface area contributed by atoms with E-state index in [9.17, 15) is 0 Å². The summed E-state index contributed by atoms with van der Waals surface area (Å²) in [5, 5.41) is 3.41. The SMILES string of the molecule is CCCCOCCCNc1nc(C)cn1CCCC. The van der Waals surface area contributed by atoms with Crippen LogP contribution in [-0.2, 0) is 11.3 Å². The summed E-state index contributed by atoms with van der Waals surface area (Å²) in [6, 6.07) is 0. The summed E-state index contributed by atoms with van der Waals surface area (Å²) < 4.78 is 7.76. The maximum atomic E-state index is 5.55. The van der Waals surface area contributed by atoms with E-state index in [0.717, 1.165) is 50.8 Å². The van der Waals surface area contributed by atoms with Gasteiger partial charge in [-0.15, -0.1) is 0 Å². The van der Waals surface area contributed by atoms with E-state index >= 15 is 0 Å². The molecule has 0 aliphatic carbocycles. The van der Waals surface area contributed by atoms with Crippen LogP contribution >= 0.6 is 0 Å². The molecular formula is C15H29N3O. The van der Waals surface area contributed by atoms with Crippen molar-refractivity contribution in [1.82, 2.24) is 9.55 Å². The molecule has 0 aliphatic rings. The molecule has 1 N–H and O–H groups in total. The van der Waals surface area contributed by atoms with E-state index in [1.807, 2.05) is 6.92 Å². The van der Waals surface area contributed by atoms with E-state index in [1.165, 1.54) is 19.3 Å². The molecule has 0 unspecified atom stereocenters. The maximum absolute atomic E-state index is 5.55. The first-order chi connectivity index (χ1) is 9.27. The first-order valence-electron chi connectivity index (χ1n) is 7.63. The van der Waals surface area contributed by atoms with Crippen molar-refractivity contribution in [3.05, 3.63) is 11.9 Å². The minimum absolute atomic E-state index is 0.835. The smallest absolute Gasteiger partial charge is 0.203 e. The summed E-state index contributed by atoms with van der Waals surface area (Å²) in [5.74, 6) is 1.000. The van der Waals surface area contributed by atoms with Gasteiger partial charge in [0.25, 0.3) is 0 Å². The molecule has 1 aromatic heterocycles. The number of hydrogen-bond donors (Lipinski definition) is 1. The van der Waals surface area contributed by atoms with Gasteiger partial charge >= 0.3 is 0 Å². The van der Waals surface area contributed by atoms with Gasteiger partial charge in [0.05, 0.1) is 5.69 Å². The highest BCUT2D eigenvalue weighted by Gasteiger charge is 2.04. The van der Waals surface area contributed by atoms with Crippen LogP contribution in [0.4, 0.5) is 5.95 Å². The van der Waals surface area contributed by atoms with Crippen molar-refractivity contribution in [3.63, 3.8) is 0 Å². The molecule has 0 spiro atoms. The molecule has 4 nitrogen and oxygen atoms in total. The Morgan fingerprint density at radius 1 is 1.16 bits per heavy atom. The summed E-state index contributed by atoms with van der Waals surface area (Å²) >= 11 is 0. The molecule has 0 amide bonds. The summed E-state index contributed by atoms with van der Waals surface area (Å²) in [6.07, 6.45) is 7.92. The minimum atomic E-state index is 0.835. The molecule has 0 saturated carbocycles. The number of nitrogens with zero attached hydrogens (tertiary/aromatic N) is 2. The van der Waals surface area contributed by atoms with E-state index in [4.69, 9.17) is 4.74 Å². The predicted octanol–water partition coefficient (Wildman–Crippen LogP) is 3.61. The van der Waals surface area contributed by atoms with E-state index in [0.29, 0.717) is 0 Å². The van der Waals surface area contributed by atoms with Gasteiger partial charge in [-0.1, -0.05) is 26.7 Å². The zero-order chi connectivity index (χ0) is 13.9. The summed E-state index contributed by atoms with van der Waals surface area (Å²) in [5.41, 5.74) is 1.08. The Balaban J connectivity index is 2.20. The third kappa shape index (κ3) is 6.62. The van der Waals surface area contributed by atoms with E-state index in [-0.39, 0.29) is 0 Å². The van der Waals surface area contributed by atoms with Crippen LogP contribution in [0, 0.1) is 6.92 Å². The third-order valence-electron chi connectivity index (χ3n) is 3.04. The van der Waals surface area contributed by atoms with Crippen LogP contribution in [0.2, 0.25) is 0 Å². The Hall–Kier alpha value is -1.03. The van der Waals surface area contributed by atoms with Gasteiger partial charge in [0, 0.05) is 32.5 Å². The molecule has 0 aliphatic heterocycles. The van der Waals surface area contributed by atoms with Crippen molar-refractivity contribution in [1.29, 1.82) is 0 Å². The Bertz CT molecular complexity index is 336. The quantitative estimate of drug-likeness (QED) is 0.622. The summed E-state index contributed by atoms with van der Waals surface area (Å²) in [7, 11) is 0. The number of unbranched alkanes of at least 4 members (excludes halogenated alkanes) is 2. The Labute approximate surface area is 117 Å². The molecule has 0 bridgehead atoms. The number of aryl methyl sites for hydroxylation is 2. The number of nitrogens with one attached hydrogen (secondary N) is 1. The Morgan fingerprint density at radius 2 is 1.89 bits per heavy atom. The lowest BCUT2D eigenvalue weighted by atomic mass is 10.3. The number of imidazole rings is 1. The van der Waals surface area contributed by atoms with Gasteiger partial charge in [-0.2, -0.15) is 0 Å². The molecule has 0 fully saturated rings. The van der Waals surface area contributed by atoms with Gasteiger partial charge in [-0.25, -0.2) is 4.98 Å². The molecular weight excluding hydrogens is 238 g/mol. The zero-order valence-corrected chi connectivity index (χ0v) is 12.7. The van der Waals surface area contributed by atoms with Crippen molar-refractivity contribution in [3.8, 4) is 0 Å². The normalized spacial score (nSPS) is 10.9. The predicted molar refractivity (Wildman–Crippen MR) is 80.7 cm³/mol. The van der Waals surface area contributed by atoms with Crippen LogP contribution in [0.5, 0.6) is 0 Å². The standard InChI is InChI=1S/C15H29N3O/c1-4-6-10-18-13-14(3)17-15(18)16-9-8-12-19-11-7-5-2/h13H,4-12H2,1-3H3,(H,16,17).